The summed E-state index contributed by atoms with van der Waals surface area (Å²) in [7, 11) is 0. The lowest BCUT2D eigenvalue weighted by Crippen LogP contribution is -2.54. The third kappa shape index (κ3) is 3.08. The van der Waals surface area contributed by atoms with Crippen LogP contribution in [0.15, 0.2) is 18.2 Å². The zero-order valence-corrected chi connectivity index (χ0v) is 11.9. The summed E-state index contributed by atoms with van der Waals surface area (Å²) in [6.07, 6.45) is 0.510. The maximum absolute atomic E-state index is 11.2. The molecule has 0 bridgehead atoms. The van der Waals surface area contributed by atoms with Crippen molar-refractivity contribution in [1.29, 1.82) is 0 Å². The molecule has 1 aliphatic rings. The Balaban J connectivity index is 2.35. The summed E-state index contributed by atoms with van der Waals surface area (Å²) in [4.78, 5) is 13.3. The minimum Gasteiger partial charge on any atom is -0.394 e. The van der Waals surface area contributed by atoms with Gasteiger partial charge in [-0.3, -0.25) is 4.79 Å². The Hall–Kier alpha value is -1.10. The molecule has 19 heavy (non-hydrogen) atoms. The molecule has 1 saturated heterocycles. The second kappa shape index (κ2) is 5.49. The van der Waals surface area contributed by atoms with Crippen molar-refractivity contribution >= 4 is 23.6 Å². The minimum absolute atomic E-state index is 0.0447. The normalized spacial score (nSPS) is 22.3. The molecule has 1 aliphatic heterocycles. The van der Waals surface area contributed by atoms with Gasteiger partial charge in [-0.2, -0.15) is 0 Å². The van der Waals surface area contributed by atoms with E-state index < -0.39 is 0 Å². The molecular weight excluding hydrogens is 266 g/mol. The lowest BCUT2D eigenvalue weighted by Gasteiger charge is -2.43. The highest BCUT2D eigenvalue weighted by Gasteiger charge is 2.34. The van der Waals surface area contributed by atoms with E-state index in [1.54, 1.807) is 6.07 Å². The number of anilines is 1. The molecule has 0 spiro atoms. The highest BCUT2D eigenvalue weighted by atomic mass is 35.5. The predicted molar refractivity (Wildman–Crippen MR) is 75.1 cm³/mol. The molecule has 1 aromatic rings. The van der Waals surface area contributed by atoms with Crippen LogP contribution in [0.25, 0.3) is 0 Å². The highest BCUT2D eigenvalue weighted by molar-refractivity contribution is 6.33. The molecule has 0 saturated carbocycles. The molecule has 0 radical (unpaired) electrons. The molecule has 5 heteroatoms. The molecule has 0 amide bonds. The quantitative estimate of drug-likeness (QED) is 0.864. The Morgan fingerprint density at radius 2 is 2.32 bits per heavy atom. The van der Waals surface area contributed by atoms with Gasteiger partial charge in [-0.1, -0.05) is 17.7 Å². The third-order valence-corrected chi connectivity index (χ3v) is 3.50. The van der Waals surface area contributed by atoms with Gasteiger partial charge in [0.1, 0.15) is 0 Å². The average Bonchev–Trinajstić information content (AvgIpc) is 2.36. The number of carbonyl (C=O) groups is 1. The number of rotatable bonds is 3. The van der Waals surface area contributed by atoms with Crippen LogP contribution in [0.4, 0.5) is 5.69 Å². The number of ether oxygens (including phenoxy) is 1. The van der Waals surface area contributed by atoms with E-state index in [0.717, 1.165) is 12.0 Å². The standard InChI is InChI=1S/C14H18ClNO3/c1-14(2)9-16(6-10(7-17)19-14)13-5-3-4-12(15)11(13)8-18/h3-5,8,10,17H,6-7,9H2,1-2H3. The third-order valence-electron chi connectivity index (χ3n) is 3.17. The Morgan fingerprint density at radius 3 is 2.95 bits per heavy atom. The molecule has 2 rings (SSSR count). The summed E-state index contributed by atoms with van der Waals surface area (Å²) in [5.74, 6) is 0. The molecule has 1 unspecified atom stereocenters. The first-order chi connectivity index (χ1) is 8.96. The molecule has 1 heterocycles. The van der Waals surface area contributed by atoms with Crippen LogP contribution >= 0.6 is 11.6 Å². The van der Waals surface area contributed by atoms with Gasteiger partial charge in [-0.05, 0) is 26.0 Å². The maximum Gasteiger partial charge on any atom is 0.153 e. The smallest absolute Gasteiger partial charge is 0.153 e. The van der Waals surface area contributed by atoms with E-state index in [0.29, 0.717) is 23.7 Å². The monoisotopic (exact) mass is 283 g/mol. The second-order valence-corrected chi connectivity index (χ2v) is 5.76. The van der Waals surface area contributed by atoms with Crippen LogP contribution < -0.4 is 4.90 Å². The van der Waals surface area contributed by atoms with E-state index in [9.17, 15) is 9.90 Å². The number of morpholine rings is 1. The number of carbonyl (C=O) groups excluding carboxylic acids is 1. The van der Waals surface area contributed by atoms with Crippen molar-refractivity contribution in [3.05, 3.63) is 28.8 Å². The largest absolute Gasteiger partial charge is 0.394 e. The Labute approximate surface area is 117 Å². The van der Waals surface area contributed by atoms with Gasteiger partial charge in [0.2, 0.25) is 0 Å². The van der Waals surface area contributed by atoms with E-state index in [2.05, 4.69) is 0 Å². The molecule has 0 aromatic heterocycles. The predicted octanol–water partition coefficient (Wildman–Crippen LogP) is 2.13. The molecule has 1 N–H and O–H groups in total. The molecule has 4 nitrogen and oxygen atoms in total. The summed E-state index contributed by atoms with van der Waals surface area (Å²) in [5.41, 5.74) is 0.893. The van der Waals surface area contributed by atoms with Crippen molar-refractivity contribution in [2.24, 2.45) is 0 Å². The van der Waals surface area contributed by atoms with E-state index in [1.807, 2.05) is 30.9 Å². The molecule has 1 fully saturated rings. The number of aldehydes is 1. The topological polar surface area (TPSA) is 49.8 Å². The van der Waals surface area contributed by atoms with Crippen LogP contribution in [-0.4, -0.2) is 42.8 Å². The average molecular weight is 284 g/mol. The SMILES string of the molecule is CC1(C)CN(c2cccc(Cl)c2C=O)CC(CO)O1. The van der Waals surface area contributed by atoms with E-state index >= 15 is 0 Å². The van der Waals surface area contributed by atoms with Crippen LogP contribution in [-0.2, 0) is 4.74 Å². The number of nitrogens with zero attached hydrogens (tertiary/aromatic N) is 1. The number of hydrogen-bond donors (Lipinski definition) is 1. The zero-order chi connectivity index (χ0) is 14.0. The molecule has 1 aromatic carbocycles. The van der Waals surface area contributed by atoms with Gasteiger partial charge < -0.3 is 14.7 Å². The Morgan fingerprint density at radius 1 is 1.58 bits per heavy atom. The summed E-state index contributed by atoms with van der Waals surface area (Å²) < 4.78 is 5.77. The summed E-state index contributed by atoms with van der Waals surface area (Å²) in [5, 5.41) is 9.76. The number of aliphatic hydroxyl groups excluding tert-OH is 1. The fourth-order valence-corrected chi connectivity index (χ4v) is 2.71. The summed E-state index contributed by atoms with van der Waals surface area (Å²) in [6.45, 7) is 5.07. The second-order valence-electron chi connectivity index (χ2n) is 5.35. The van der Waals surface area contributed by atoms with Crippen molar-refractivity contribution < 1.29 is 14.6 Å². The first kappa shape index (κ1) is 14.3. The van der Waals surface area contributed by atoms with Crippen molar-refractivity contribution in [3.8, 4) is 0 Å². The highest BCUT2D eigenvalue weighted by Crippen LogP contribution is 2.31. The van der Waals surface area contributed by atoms with Crippen LogP contribution in [0, 0.1) is 0 Å². The van der Waals surface area contributed by atoms with Crippen molar-refractivity contribution in [1.82, 2.24) is 0 Å². The Kier molecular flexibility index (Phi) is 4.13. The summed E-state index contributed by atoms with van der Waals surface area (Å²) >= 11 is 6.05. The maximum atomic E-state index is 11.2. The van der Waals surface area contributed by atoms with E-state index in [-0.39, 0.29) is 18.3 Å². The molecular formula is C14H18ClNO3. The number of aliphatic hydroxyl groups is 1. The van der Waals surface area contributed by atoms with Gasteiger partial charge in [0.05, 0.1) is 28.9 Å². The Bertz CT molecular complexity index is 476. The van der Waals surface area contributed by atoms with Gasteiger partial charge in [-0.25, -0.2) is 0 Å². The molecule has 0 aliphatic carbocycles. The first-order valence-corrected chi connectivity index (χ1v) is 6.62. The van der Waals surface area contributed by atoms with E-state index in [4.69, 9.17) is 16.3 Å². The zero-order valence-electron chi connectivity index (χ0n) is 11.1. The number of hydrogen-bond acceptors (Lipinski definition) is 4. The van der Waals surface area contributed by atoms with Crippen LogP contribution in [0.1, 0.15) is 24.2 Å². The number of halogens is 1. The van der Waals surface area contributed by atoms with Gasteiger partial charge in [0.15, 0.2) is 6.29 Å². The van der Waals surface area contributed by atoms with Crippen molar-refractivity contribution in [3.63, 3.8) is 0 Å². The lowest BCUT2D eigenvalue weighted by atomic mass is 10.0. The van der Waals surface area contributed by atoms with Crippen molar-refractivity contribution in [2.45, 2.75) is 25.6 Å². The van der Waals surface area contributed by atoms with E-state index in [1.165, 1.54) is 0 Å². The number of benzene rings is 1. The van der Waals surface area contributed by atoms with Crippen molar-refractivity contribution in [2.75, 3.05) is 24.6 Å². The first-order valence-electron chi connectivity index (χ1n) is 6.24. The summed E-state index contributed by atoms with van der Waals surface area (Å²) in [6, 6.07) is 5.39. The van der Waals surface area contributed by atoms with Gasteiger partial charge in [0.25, 0.3) is 0 Å². The fourth-order valence-electron chi connectivity index (χ4n) is 2.49. The van der Waals surface area contributed by atoms with Gasteiger partial charge >= 0.3 is 0 Å². The van der Waals surface area contributed by atoms with Crippen LogP contribution in [0.5, 0.6) is 0 Å². The molecule has 1 atom stereocenters. The minimum atomic E-state index is -0.381. The van der Waals surface area contributed by atoms with Gasteiger partial charge in [0, 0.05) is 18.8 Å². The fraction of sp³-hybridized carbons (Fsp3) is 0.500. The lowest BCUT2D eigenvalue weighted by molar-refractivity contribution is -0.101. The molecule has 104 valence electrons. The van der Waals surface area contributed by atoms with Crippen LogP contribution in [0.2, 0.25) is 5.02 Å². The van der Waals surface area contributed by atoms with Gasteiger partial charge in [-0.15, -0.1) is 0 Å². The van der Waals surface area contributed by atoms with Crippen LogP contribution in [0.3, 0.4) is 0 Å².